The third kappa shape index (κ3) is 4.70. The number of amides is 1. The minimum Gasteiger partial charge on any atom is -0.444 e. The van der Waals surface area contributed by atoms with Crippen molar-refractivity contribution in [1.29, 1.82) is 0 Å². The number of aryl methyl sites for hydroxylation is 1. The summed E-state index contributed by atoms with van der Waals surface area (Å²) in [6.45, 7) is 7.30. The number of hydrogen-bond donors (Lipinski definition) is 0. The SMILES string of the molecule is Cc1ccc(S(=O)(=O)O[C@H]2C[C@@H](N(C)C(=O)OC(C)(C)C)C2)cc1. The van der Waals surface area contributed by atoms with Crippen molar-refractivity contribution in [3.8, 4) is 0 Å². The van der Waals surface area contributed by atoms with Crippen molar-refractivity contribution in [1.82, 2.24) is 4.90 Å². The summed E-state index contributed by atoms with van der Waals surface area (Å²) >= 11 is 0. The van der Waals surface area contributed by atoms with Gasteiger partial charge in [-0.1, -0.05) is 17.7 Å². The normalized spacial score (nSPS) is 21.0. The van der Waals surface area contributed by atoms with Gasteiger partial charge in [-0.25, -0.2) is 4.79 Å². The van der Waals surface area contributed by atoms with Gasteiger partial charge in [0.2, 0.25) is 0 Å². The fraction of sp³-hybridized carbons (Fsp3) is 0.588. The minimum absolute atomic E-state index is 0.0712. The first-order valence-electron chi connectivity index (χ1n) is 7.94. The molecule has 1 saturated carbocycles. The van der Waals surface area contributed by atoms with Crippen LogP contribution in [0.1, 0.15) is 39.2 Å². The molecule has 0 saturated heterocycles. The van der Waals surface area contributed by atoms with Crippen molar-refractivity contribution in [2.24, 2.45) is 0 Å². The molecule has 6 nitrogen and oxygen atoms in total. The van der Waals surface area contributed by atoms with Crippen molar-refractivity contribution in [2.45, 2.75) is 63.2 Å². The van der Waals surface area contributed by atoms with Gasteiger partial charge in [0.25, 0.3) is 10.1 Å². The summed E-state index contributed by atoms with van der Waals surface area (Å²) in [6.07, 6.45) is 0.125. The smallest absolute Gasteiger partial charge is 0.410 e. The van der Waals surface area contributed by atoms with E-state index < -0.39 is 27.9 Å². The van der Waals surface area contributed by atoms with E-state index in [9.17, 15) is 13.2 Å². The highest BCUT2D eigenvalue weighted by atomic mass is 32.2. The fourth-order valence-corrected chi connectivity index (χ4v) is 3.45. The molecule has 134 valence electrons. The largest absolute Gasteiger partial charge is 0.444 e. The van der Waals surface area contributed by atoms with Crippen molar-refractivity contribution in [3.63, 3.8) is 0 Å². The zero-order valence-electron chi connectivity index (χ0n) is 14.8. The molecule has 1 amide bonds. The van der Waals surface area contributed by atoms with Gasteiger partial charge in [-0.2, -0.15) is 8.42 Å². The molecule has 1 aliphatic rings. The van der Waals surface area contributed by atoms with Gasteiger partial charge in [0, 0.05) is 13.1 Å². The van der Waals surface area contributed by atoms with Crippen LogP contribution >= 0.6 is 0 Å². The van der Waals surface area contributed by atoms with Crippen molar-refractivity contribution in [3.05, 3.63) is 29.8 Å². The lowest BCUT2D eigenvalue weighted by atomic mass is 9.89. The van der Waals surface area contributed by atoms with Gasteiger partial charge in [-0.05, 0) is 52.7 Å². The number of hydrogen-bond acceptors (Lipinski definition) is 5. The summed E-state index contributed by atoms with van der Waals surface area (Å²) in [5, 5.41) is 0. The predicted molar refractivity (Wildman–Crippen MR) is 90.3 cm³/mol. The summed E-state index contributed by atoms with van der Waals surface area (Å²) in [6, 6.07) is 6.46. The summed E-state index contributed by atoms with van der Waals surface area (Å²) in [4.78, 5) is 13.6. The molecule has 1 aliphatic carbocycles. The molecule has 1 fully saturated rings. The molecule has 0 unspecified atom stereocenters. The maximum atomic E-state index is 12.2. The predicted octanol–water partition coefficient (Wildman–Crippen LogP) is 3.10. The molecule has 2 rings (SSSR count). The van der Waals surface area contributed by atoms with Gasteiger partial charge in [0.15, 0.2) is 0 Å². The van der Waals surface area contributed by atoms with Crippen LogP contribution in [-0.4, -0.2) is 44.2 Å². The van der Waals surface area contributed by atoms with Crippen LogP contribution < -0.4 is 0 Å². The van der Waals surface area contributed by atoms with Gasteiger partial charge >= 0.3 is 6.09 Å². The Hall–Kier alpha value is -1.60. The zero-order chi connectivity index (χ0) is 18.1. The molecule has 0 aliphatic heterocycles. The van der Waals surface area contributed by atoms with Crippen molar-refractivity contribution in [2.75, 3.05) is 7.05 Å². The second kappa shape index (κ2) is 6.72. The number of rotatable bonds is 4. The Morgan fingerprint density at radius 1 is 1.17 bits per heavy atom. The van der Waals surface area contributed by atoms with E-state index >= 15 is 0 Å². The molecule has 0 radical (unpaired) electrons. The van der Waals surface area contributed by atoms with Crippen LogP contribution in [0.5, 0.6) is 0 Å². The maximum Gasteiger partial charge on any atom is 0.410 e. The summed E-state index contributed by atoms with van der Waals surface area (Å²) in [5.74, 6) is 0. The first-order valence-corrected chi connectivity index (χ1v) is 9.34. The first-order chi connectivity index (χ1) is 11.0. The number of carbonyl (C=O) groups excluding carboxylic acids is 1. The average molecular weight is 355 g/mol. The summed E-state index contributed by atoms with van der Waals surface area (Å²) in [5.41, 5.74) is 0.427. The maximum absolute atomic E-state index is 12.2. The van der Waals surface area contributed by atoms with E-state index in [-0.39, 0.29) is 10.9 Å². The van der Waals surface area contributed by atoms with E-state index in [0.717, 1.165) is 5.56 Å². The van der Waals surface area contributed by atoms with Crippen LogP contribution in [0.15, 0.2) is 29.2 Å². The molecule has 1 aromatic carbocycles. The molecule has 24 heavy (non-hydrogen) atoms. The lowest BCUT2D eigenvalue weighted by Gasteiger charge is -2.40. The number of benzene rings is 1. The molecule has 7 heteroatoms. The fourth-order valence-electron chi connectivity index (χ4n) is 2.36. The highest BCUT2D eigenvalue weighted by Gasteiger charge is 2.39. The monoisotopic (exact) mass is 355 g/mol. The highest BCUT2D eigenvalue weighted by Crippen LogP contribution is 2.31. The highest BCUT2D eigenvalue weighted by molar-refractivity contribution is 7.86. The Labute approximate surface area is 143 Å². The van der Waals surface area contributed by atoms with Crippen LogP contribution in [0.25, 0.3) is 0 Å². The minimum atomic E-state index is -3.77. The van der Waals surface area contributed by atoms with Gasteiger partial charge < -0.3 is 9.64 Å². The third-order valence-corrected chi connectivity index (χ3v) is 5.25. The van der Waals surface area contributed by atoms with E-state index in [1.807, 2.05) is 6.92 Å². The lowest BCUT2D eigenvalue weighted by Crippen LogP contribution is -2.50. The van der Waals surface area contributed by atoms with Crippen molar-refractivity contribution < 1.29 is 22.1 Å². The molecule has 0 atom stereocenters. The molecule has 0 aromatic heterocycles. The third-order valence-electron chi connectivity index (χ3n) is 3.87. The van der Waals surface area contributed by atoms with Crippen LogP contribution in [0, 0.1) is 6.92 Å². The lowest BCUT2D eigenvalue weighted by molar-refractivity contribution is -0.00713. The van der Waals surface area contributed by atoms with E-state index in [2.05, 4.69) is 0 Å². The van der Waals surface area contributed by atoms with Crippen molar-refractivity contribution >= 4 is 16.2 Å². The number of nitrogens with zero attached hydrogens (tertiary/aromatic N) is 1. The number of carbonyl (C=O) groups is 1. The summed E-state index contributed by atoms with van der Waals surface area (Å²) in [7, 11) is -2.11. The van der Waals surface area contributed by atoms with Crippen LogP contribution in [0.4, 0.5) is 4.79 Å². The number of ether oxygens (including phenoxy) is 1. The molecular weight excluding hydrogens is 330 g/mol. The average Bonchev–Trinajstić information content (AvgIpc) is 2.40. The molecule has 0 N–H and O–H groups in total. The van der Waals surface area contributed by atoms with Crippen LogP contribution in [0.2, 0.25) is 0 Å². The topological polar surface area (TPSA) is 72.9 Å². The Balaban J connectivity index is 1.88. The molecule has 0 spiro atoms. The molecule has 1 aromatic rings. The molecular formula is C17H25NO5S. The van der Waals surface area contributed by atoms with E-state index in [4.69, 9.17) is 8.92 Å². The molecule has 0 bridgehead atoms. The van der Waals surface area contributed by atoms with Gasteiger partial charge in [0.1, 0.15) is 5.60 Å². The summed E-state index contributed by atoms with van der Waals surface area (Å²) < 4.78 is 35.0. The Bertz CT molecular complexity index is 685. The molecule has 0 heterocycles. The van der Waals surface area contributed by atoms with Gasteiger partial charge in [-0.15, -0.1) is 0 Å². The van der Waals surface area contributed by atoms with E-state index in [1.54, 1.807) is 40.0 Å². The van der Waals surface area contributed by atoms with E-state index in [0.29, 0.717) is 12.8 Å². The first kappa shape index (κ1) is 18.7. The van der Waals surface area contributed by atoms with Crippen LogP contribution in [0.3, 0.4) is 0 Å². The van der Waals surface area contributed by atoms with Crippen LogP contribution in [-0.2, 0) is 19.0 Å². The Morgan fingerprint density at radius 2 is 1.71 bits per heavy atom. The van der Waals surface area contributed by atoms with Gasteiger partial charge in [-0.3, -0.25) is 4.18 Å². The van der Waals surface area contributed by atoms with E-state index in [1.165, 1.54) is 17.0 Å². The van der Waals surface area contributed by atoms with Gasteiger partial charge in [0.05, 0.1) is 11.0 Å². The Morgan fingerprint density at radius 3 is 2.21 bits per heavy atom. The second-order valence-corrected chi connectivity index (χ2v) is 8.77. The zero-order valence-corrected chi connectivity index (χ0v) is 15.6. The standard InChI is InChI=1S/C17H25NO5S/c1-12-6-8-15(9-7-12)24(20,21)23-14-10-13(11-14)18(5)16(19)22-17(2,3)4/h6-9,13-14H,10-11H2,1-5H3/t13-,14+. The second-order valence-electron chi connectivity index (χ2n) is 7.20. The quantitative estimate of drug-likeness (QED) is 0.776. The Kier molecular flexibility index (Phi) is 5.25.